The second-order valence-electron chi connectivity index (χ2n) is 6.72. The molecule has 1 heterocycles. The smallest absolute Gasteiger partial charge is 0.416 e. The van der Waals surface area contributed by atoms with Crippen molar-refractivity contribution in [2.75, 3.05) is 0 Å². The number of carbonyl (C=O) groups is 1. The molecule has 0 aliphatic heterocycles. The number of hydrogen-bond donors (Lipinski definition) is 1. The maximum absolute atomic E-state index is 12.8. The maximum atomic E-state index is 12.8. The molecule has 0 radical (unpaired) electrons. The number of halogens is 4. The number of carbonyl (C=O) groups excluding carboxylic acids is 1. The van der Waals surface area contributed by atoms with E-state index in [-0.39, 0.29) is 30.5 Å². The molecule has 0 spiro atoms. The molecule has 3 rings (SSSR count). The van der Waals surface area contributed by atoms with Crippen LogP contribution in [0.1, 0.15) is 36.8 Å². The molecule has 1 saturated carbocycles. The number of aromatic nitrogens is 2. The normalized spacial score (nSPS) is 19.9. The van der Waals surface area contributed by atoms with Gasteiger partial charge in [0.1, 0.15) is 6.10 Å². The highest BCUT2D eigenvalue weighted by Gasteiger charge is 2.30. The lowest BCUT2D eigenvalue weighted by atomic mass is 9.92. The van der Waals surface area contributed by atoms with Crippen molar-refractivity contribution < 1.29 is 22.7 Å². The number of amides is 1. The van der Waals surface area contributed by atoms with E-state index in [0.717, 1.165) is 25.0 Å². The first kappa shape index (κ1) is 20.4. The summed E-state index contributed by atoms with van der Waals surface area (Å²) in [6.45, 7) is 0. The maximum Gasteiger partial charge on any atom is 0.416 e. The average Bonchev–Trinajstić information content (AvgIpc) is 2.65. The number of ether oxygens (including phenoxy) is 1. The molecular weight excluding hydrogens is 395 g/mol. The van der Waals surface area contributed by atoms with Gasteiger partial charge in [0.25, 0.3) is 0 Å². The van der Waals surface area contributed by atoms with E-state index in [4.69, 9.17) is 16.3 Å². The molecule has 1 amide bonds. The highest BCUT2D eigenvalue weighted by atomic mass is 35.5. The van der Waals surface area contributed by atoms with E-state index in [1.54, 1.807) is 0 Å². The Hall–Kier alpha value is -2.35. The molecule has 1 aromatic heterocycles. The molecule has 0 unspecified atom stereocenters. The number of nitrogens with zero attached hydrogens (tertiary/aromatic N) is 2. The monoisotopic (exact) mass is 413 g/mol. The van der Waals surface area contributed by atoms with Crippen molar-refractivity contribution in [3.8, 4) is 6.01 Å². The molecule has 1 N–H and O–H groups in total. The van der Waals surface area contributed by atoms with Gasteiger partial charge in [-0.15, -0.1) is 0 Å². The second-order valence-corrected chi connectivity index (χ2v) is 7.15. The summed E-state index contributed by atoms with van der Waals surface area (Å²) >= 11 is 5.73. The van der Waals surface area contributed by atoms with Crippen molar-refractivity contribution in [3.63, 3.8) is 0 Å². The summed E-state index contributed by atoms with van der Waals surface area (Å²) in [6, 6.07) is 5.08. The van der Waals surface area contributed by atoms with Gasteiger partial charge in [0, 0.05) is 6.04 Å². The molecule has 5 nitrogen and oxygen atoms in total. The topological polar surface area (TPSA) is 64.1 Å². The molecule has 1 aromatic carbocycles. The minimum absolute atomic E-state index is 0.0238. The Morgan fingerprint density at radius 1 is 1.18 bits per heavy atom. The highest BCUT2D eigenvalue weighted by Crippen LogP contribution is 2.29. The summed E-state index contributed by atoms with van der Waals surface area (Å²) in [6.07, 6.45) is 1.25. The minimum Gasteiger partial charge on any atom is -0.460 e. The van der Waals surface area contributed by atoms with Crippen molar-refractivity contribution >= 4 is 17.5 Å². The van der Waals surface area contributed by atoms with Gasteiger partial charge >= 0.3 is 12.2 Å². The van der Waals surface area contributed by atoms with E-state index >= 15 is 0 Å². The molecule has 9 heteroatoms. The number of alkyl halides is 3. The van der Waals surface area contributed by atoms with Crippen LogP contribution < -0.4 is 10.1 Å². The predicted molar refractivity (Wildman–Crippen MR) is 97.0 cm³/mol. The van der Waals surface area contributed by atoms with Crippen molar-refractivity contribution in [2.45, 2.75) is 50.4 Å². The molecular formula is C19H19ClF3N3O2. The summed E-state index contributed by atoms with van der Waals surface area (Å²) < 4.78 is 44.0. The van der Waals surface area contributed by atoms with Crippen LogP contribution in [0, 0.1) is 0 Å². The lowest BCUT2D eigenvalue weighted by Crippen LogP contribution is -2.40. The second kappa shape index (κ2) is 8.77. The number of hydrogen-bond acceptors (Lipinski definition) is 4. The third-order valence-corrected chi connectivity index (χ3v) is 4.72. The Morgan fingerprint density at radius 3 is 2.50 bits per heavy atom. The first-order valence-corrected chi connectivity index (χ1v) is 9.27. The Labute approximate surface area is 165 Å². The van der Waals surface area contributed by atoms with Gasteiger partial charge in [-0.1, -0.05) is 29.8 Å². The molecule has 1 fully saturated rings. The summed E-state index contributed by atoms with van der Waals surface area (Å²) in [5.41, 5.74) is -0.413. The van der Waals surface area contributed by atoms with Gasteiger partial charge in [-0.25, -0.2) is 9.97 Å². The van der Waals surface area contributed by atoms with E-state index < -0.39 is 11.7 Å². The summed E-state index contributed by atoms with van der Waals surface area (Å²) in [5, 5.41) is 3.32. The lowest BCUT2D eigenvalue weighted by molar-refractivity contribution is -0.137. The van der Waals surface area contributed by atoms with Gasteiger partial charge in [0.05, 0.1) is 29.4 Å². The molecule has 28 heavy (non-hydrogen) atoms. The third-order valence-electron chi connectivity index (χ3n) is 4.53. The van der Waals surface area contributed by atoms with Gasteiger partial charge in [-0.05, 0) is 37.3 Å². The SMILES string of the molecule is O=C(Cc1cccc(C(F)(F)F)c1)NC1CCC(Oc2ncc(Cl)cn2)CC1. The summed E-state index contributed by atoms with van der Waals surface area (Å²) in [7, 11) is 0. The van der Waals surface area contributed by atoms with E-state index in [2.05, 4.69) is 15.3 Å². The van der Waals surface area contributed by atoms with Crippen LogP contribution in [-0.2, 0) is 17.4 Å². The van der Waals surface area contributed by atoms with Crippen LogP contribution in [0.2, 0.25) is 5.02 Å². The standard InChI is InChI=1S/C19H19ClF3N3O2/c20-14-10-24-18(25-11-14)28-16-6-4-15(5-7-16)26-17(27)9-12-2-1-3-13(8-12)19(21,22)23/h1-3,8,10-11,15-16H,4-7,9H2,(H,26,27). The summed E-state index contributed by atoms with van der Waals surface area (Å²) in [5.74, 6) is -0.287. The fraction of sp³-hybridized carbons (Fsp3) is 0.421. The van der Waals surface area contributed by atoms with Crippen LogP contribution in [0.15, 0.2) is 36.7 Å². The fourth-order valence-corrected chi connectivity index (χ4v) is 3.25. The molecule has 0 atom stereocenters. The molecule has 2 aromatic rings. The van der Waals surface area contributed by atoms with E-state index in [1.807, 2.05) is 0 Å². The number of rotatable bonds is 5. The van der Waals surface area contributed by atoms with Crippen LogP contribution in [0.3, 0.4) is 0 Å². The first-order chi connectivity index (χ1) is 13.3. The highest BCUT2D eigenvalue weighted by molar-refractivity contribution is 6.30. The van der Waals surface area contributed by atoms with Gasteiger partial charge in [-0.3, -0.25) is 4.79 Å². The van der Waals surface area contributed by atoms with Crippen molar-refractivity contribution in [2.24, 2.45) is 0 Å². The molecule has 1 aliphatic carbocycles. The van der Waals surface area contributed by atoms with E-state index in [9.17, 15) is 18.0 Å². The van der Waals surface area contributed by atoms with Crippen LogP contribution >= 0.6 is 11.6 Å². The Bertz CT molecular complexity index is 807. The van der Waals surface area contributed by atoms with Crippen LogP contribution in [-0.4, -0.2) is 28.0 Å². The van der Waals surface area contributed by atoms with Gasteiger partial charge < -0.3 is 10.1 Å². The zero-order valence-corrected chi connectivity index (χ0v) is 15.6. The summed E-state index contributed by atoms with van der Waals surface area (Å²) in [4.78, 5) is 20.2. The van der Waals surface area contributed by atoms with Crippen LogP contribution in [0.4, 0.5) is 13.2 Å². The molecule has 0 saturated heterocycles. The fourth-order valence-electron chi connectivity index (χ4n) is 3.16. The van der Waals surface area contributed by atoms with Crippen LogP contribution in [0.5, 0.6) is 6.01 Å². The van der Waals surface area contributed by atoms with Gasteiger partial charge in [-0.2, -0.15) is 13.2 Å². The predicted octanol–water partition coefficient (Wildman–Crippen LogP) is 4.20. The zero-order chi connectivity index (χ0) is 20.1. The largest absolute Gasteiger partial charge is 0.460 e. The van der Waals surface area contributed by atoms with Crippen molar-refractivity contribution in [3.05, 3.63) is 52.8 Å². The zero-order valence-electron chi connectivity index (χ0n) is 14.9. The van der Waals surface area contributed by atoms with E-state index in [1.165, 1.54) is 24.5 Å². The Balaban J connectivity index is 1.45. The molecule has 1 aliphatic rings. The Morgan fingerprint density at radius 2 is 1.86 bits per heavy atom. The lowest BCUT2D eigenvalue weighted by Gasteiger charge is -2.28. The van der Waals surface area contributed by atoms with Crippen LogP contribution in [0.25, 0.3) is 0 Å². The van der Waals surface area contributed by atoms with Crippen molar-refractivity contribution in [1.29, 1.82) is 0 Å². The van der Waals surface area contributed by atoms with E-state index in [0.29, 0.717) is 23.4 Å². The molecule has 0 bridgehead atoms. The minimum atomic E-state index is -4.42. The number of benzene rings is 1. The third kappa shape index (κ3) is 5.82. The van der Waals surface area contributed by atoms with Gasteiger partial charge in [0.2, 0.25) is 5.91 Å². The molecule has 150 valence electrons. The quantitative estimate of drug-likeness (QED) is 0.798. The van der Waals surface area contributed by atoms with Gasteiger partial charge in [0.15, 0.2) is 0 Å². The average molecular weight is 414 g/mol. The number of nitrogens with one attached hydrogen (secondary N) is 1. The first-order valence-electron chi connectivity index (χ1n) is 8.89. The Kier molecular flexibility index (Phi) is 6.39. The van der Waals surface area contributed by atoms with Crippen molar-refractivity contribution in [1.82, 2.24) is 15.3 Å².